The first kappa shape index (κ1) is 10.8. The van der Waals surface area contributed by atoms with E-state index in [-0.39, 0.29) is 29.6 Å². The van der Waals surface area contributed by atoms with Gasteiger partial charge in [0.1, 0.15) is 0 Å². The Labute approximate surface area is 65.5 Å². The molecule has 0 aliphatic heterocycles. The third-order valence-electron chi connectivity index (χ3n) is 0.303. The van der Waals surface area contributed by atoms with E-state index in [0.717, 1.165) is 13.4 Å². The van der Waals surface area contributed by atoms with Gasteiger partial charge >= 0.3 is 0 Å². The van der Waals surface area contributed by atoms with Gasteiger partial charge in [-0.2, -0.15) is 8.42 Å². The average molecular weight is 133 g/mol. The zero-order valence-electron chi connectivity index (χ0n) is 4.63. The van der Waals surface area contributed by atoms with Gasteiger partial charge in [-0.3, -0.25) is 4.18 Å². The molecule has 0 rings (SSSR count). The van der Waals surface area contributed by atoms with Crippen LogP contribution in [0.1, 0.15) is 0 Å². The van der Waals surface area contributed by atoms with E-state index in [4.69, 9.17) is 0 Å². The number of hydrogen-bond acceptors (Lipinski definition) is 3. The van der Waals surface area contributed by atoms with Crippen molar-refractivity contribution in [1.29, 1.82) is 0 Å². The van der Waals surface area contributed by atoms with Gasteiger partial charge in [0, 0.05) is 29.6 Å². The van der Waals surface area contributed by atoms with Crippen molar-refractivity contribution in [3.63, 3.8) is 0 Å². The van der Waals surface area contributed by atoms with Crippen LogP contribution in [0.4, 0.5) is 0 Å². The van der Waals surface area contributed by atoms with Crippen LogP contribution in [-0.4, -0.2) is 51.3 Å². The zero-order valence-corrected chi connectivity index (χ0v) is 7.45. The van der Waals surface area contributed by atoms with Crippen LogP contribution >= 0.6 is 0 Å². The Morgan fingerprint density at radius 2 is 1.57 bits per heavy atom. The minimum Gasteiger partial charge on any atom is -0.274 e. The van der Waals surface area contributed by atoms with Gasteiger partial charge in [-0.05, 0) is 0 Å². The first-order valence-electron chi connectivity index (χ1n) is 1.32. The maximum Gasteiger partial charge on any atom is 0.264 e. The van der Waals surface area contributed by atoms with Crippen molar-refractivity contribution >= 4 is 39.7 Å². The van der Waals surface area contributed by atoms with Crippen LogP contribution in [0.15, 0.2) is 0 Å². The van der Waals surface area contributed by atoms with Gasteiger partial charge < -0.3 is 0 Å². The first-order valence-corrected chi connectivity index (χ1v) is 3.13. The smallest absolute Gasteiger partial charge is 0.264 e. The zero-order chi connectivity index (χ0) is 5.21. The summed E-state index contributed by atoms with van der Waals surface area (Å²) >= 11 is 0. The molecule has 0 aromatic carbocycles. The monoisotopic (exact) mass is 133 g/mol. The van der Waals surface area contributed by atoms with Crippen molar-refractivity contribution in [2.75, 3.05) is 13.4 Å². The molecule has 7 heavy (non-hydrogen) atoms. The van der Waals surface area contributed by atoms with E-state index >= 15 is 0 Å². The molecule has 0 spiro atoms. The topological polar surface area (TPSA) is 43.4 Å². The second-order valence-corrected chi connectivity index (χ2v) is 2.61. The normalized spacial score (nSPS) is 10.0. The molecule has 0 amide bonds. The molecule has 1 radical (unpaired) electrons. The summed E-state index contributed by atoms with van der Waals surface area (Å²) < 4.78 is 23.5. The Bertz CT molecular complexity index is 115. The van der Waals surface area contributed by atoms with Crippen LogP contribution in [0.25, 0.3) is 0 Å². The van der Waals surface area contributed by atoms with E-state index in [1.54, 1.807) is 0 Å². The molecule has 0 atom stereocenters. The van der Waals surface area contributed by atoms with Gasteiger partial charge in [-0.15, -0.1) is 0 Å². The van der Waals surface area contributed by atoms with E-state index < -0.39 is 10.1 Å². The van der Waals surface area contributed by atoms with Crippen molar-refractivity contribution in [2.24, 2.45) is 0 Å². The molecule has 0 heterocycles. The van der Waals surface area contributed by atoms with Gasteiger partial charge in [0.2, 0.25) is 0 Å². The molecule has 0 fully saturated rings. The van der Waals surface area contributed by atoms with E-state index in [2.05, 4.69) is 4.18 Å². The summed E-state index contributed by atoms with van der Waals surface area (Å²) in [6.45, 7) is 0. The fourth-order valence-corrected chi connectivity index (χ4v) is 0. The second kappa shape index (κ2) is 3.86. The molecule has 0 saturated carbocycles. The first-order chi connectivity index (χ1) is 2.56. The molecule has 0 aromatic rings. The average Bonchev–Trinajstić information content (AvgIpc) is 1.35. The Morgan fingerprint density at radius 3 is 1.57 bits per heavy atom. The maximum atomic E-state index is 9.78. The van der Waals surface area contributed by atoms with Gasteiger partial charge in [0.05, 0.1) is 13.4 Å². The van der Waals surface area contributed by atoms with Crippen LogP contribution in [0.3, 0.4) is 0 Å². The minimum atomic E-state index is -3.16. The fraction of sp³-hybridized carbons (Fsp3) is 1.00. The maximum absolute atomic E-state index is 9.78. The molecule has 0 aromatic heterocycles. The molecule has 0 aliphatic rings. The molecule has 0 unspecified atom stereocenters. The summed E-state index contributed by atoms with van der Waals surface area (Å²) in [6, 6.07) is 0. The van der Waals surface area contributed by atoms with Crippen molar-refractivity contribution in [3.8, 4) is 0 Å². The van der Waals surface area contributed by atoms with Crippen molar-refractivity contribution in [2.45, 2.75) is 0 Å². The van der Waals surface area contributed by atoms with Crippen LogP contribution in [0.2, 0.25) is 0 Å². The summed E-state index contributed by atoms with van der Waals surface area (Å²) in [4.78, 5) is 0. The molecule has 3 nitrogen and oxygen atoms in total. The largest absolute Gasteiger partial charge is 0.274 e. The Morgan fingerprint density at radius 1 is 1.43 bits per heavy atom. The van der Waals surface area contributed by atoms with Crippen molar-refractivity contribution < 1.29 is 12.6 Å². The third-order valence-corrected chi connectivity index (χ3v) is 0.908. The van der Waals surface area contributed by atoms with Gasteiger partial charge in [0.15, 0.2) is 0 Å². The summed E-state index contributed by atoms with van der Waals surface area (Å²) in [5.41, 5.74) is 0. The Hall–Kier alpha value is 0.910. The van der Waals surface area contributed by atoms with Crippen molar-refractivity contribution in [1.82, 2.24) is 0 Å². The molecule has 0 bridgehead atoms. The number of hydrogen-bond donors (Lipinski definition) is 0. The van der Waals surface area contributed by atoms with E-state index in [9.17, 15) is 8.42 Å². The molecular weight excluding hydrogens is 127 g/mol. The fourth-order valence-electron chi connectivity index (χ4n) is 0. The summed E-state index contributed by atoms with van der Waals surface area (Å²) in [6.07, 6.45) is 0.993. The summed E-state index contributed by atoms with van der Waals surface area (Å²) in [5.74, 6) is 0. The second-order valence-electron chi connectivity index (χ2n) is 0.871. The van der Waals surface area contributed by atoms with Gasteiger partial charge in [-0.1, -0.05) is 0 Å². The molecule has 0 saturated heterocycles. The molecule has 5 heteroatoms. The quantitative estimate of drug-likeness (QED) is 0.348. The summed E-state index contributed by atoms with van der Waals surface area (Å²) in [5, 5.41) is 0. The van der Waals surface area contributed by atoms with Crippen LogP contribution in [0.5, 0.6) is 0 Å². The summed E-state index contributed by atoms with van der Waals surface area (Å²) in [7, 11) is -2.04. The van der Waals surface area contributed by atoms with Crippen LogP contribution in [-0.2, 0) is 14.3 Å². The van der Waals surface area contributed by atoms with Gasteiger partial charge in [0.25, 0.3) is 10.1 Å². The predicted octanol–water partition coefficient (Wildman–Crippen LogP) is -0.788. The Balaban J connectivity index is 0. The predicted molar refractivity (Wildman–Crippen MR) is 27.6 cm³/mol. The Kier molecular flexibility index (Phi) is 5.96. The minimum absolute atomic E-state index is 0. The van der Waals surface area contributed by atoms with E-state index in [1.165, 1.54) is 0 Å². The van der Waals surface area contributed by atoms with E-state index in [1.807, 2.05) is 0 Å². The molecule has 0 aliphatic carbocycles. The van der Waals surface area contributed by atoms with E-state index in [0.29, 0.717) is 0 Å². The van der Waals surface area contributed by atoms with Crippen LogP contribution in [0, 0.1) is 0 Å². The van der Waals surface area contributed by atoms with Gasteiger partial charge in [-0.25, -0.2) is 0 Å². The van der Waals surface area contributed by atoms with Crippen molar-refractivity contribution in [3.05, 3.63) is 0 Å². The number of rotatable bonds is 1. The third kappa shape index (κ3) is 10.9. The molecular formula is C2H6NaO3S. The molecule has 0 N–H and O–H groups in total. The SMILES string of the molecule is COS(C)(=O)=O.[Na]. The standard InChI is InChI=1S/C2H6O3S.Na/c1-5-6(2,3)4;/h1-2H3;. The van der Waals surface area contributed by atoms with Crippen LogP contribution < -0.4 is 0 Å². The molecule has 39 valence electrons.